The first-order chi connectivity index (χ1) is 8.79. The molecule has 18 heavy (non-hydrogen) atoms. The van der Waals surface area contributed by atoms with Crippen molar-refractivity contribution in [2.24, 2.45) is 0 Å². The van der Waals surface area contributed by atoms with Gasteiger partial charge in [0.25, 0.3) is 0 Å². The molecule has 0 bridgehead atoms. The number of ether oxygens (including phenoxy) is 1. The third-order valence-electron chi connectivity index (χ3n) is 2.45. The highest BCUT2D eigenvalue weighted by atomic mass is 16.5. The summed E-state index contributed by atoms with van der Waals surface area (Å²) in [5.41, 5.74) is 1.85. The molecule has 1 aromatic heterocycles. The molecule has 0 fully saturated rings. The summed E-state index contributed by atoms with van der Waals surface area (Å²) in [6.07, 6.45) is 1.70. The van der Waals surface area contributed by atoms with Crippen molar-refractivity contribution in [3.63, 3.8) is 0 Å². The molecule has 0 unspecified atom stereocenters. The molecule has 0 amide bonds. The van der Waals surface area contributed by atoms with E-state index in [1.807, 2.05) is 31.2 Å². The van der Waals surface area contributed by atoms with Crippen molar-refractivity contribution in [2.75, 3.05) is 11.9 Å². The number of aromatic nitrogens is 1. The summed E-state index contributed by atoms with van der Waals surface area (Å²) in [7, 11) is 0. The maximum atomic E-state index is 9.38. The number of aromatic hydroxyl groups is 1. The number of pyridine rings is 1. The summed E-state index contributed by atoms with van der Waals surface area (Å²) in [5.74, 6) is 0.866. The highest BCUT2D eigenvalue weighted by Gasteiger charge is 2.03. The fraction of sp³-hybridized carbons (Fsp3) is 0.214. The van der Waals surface area contributed by atoms with Crippen molar-refractivity contribution in [3.8, 4) is 11.6 Å². The largest absolute Gasteiger partial charge is 0.508 e. The van der Waals surface area contributed by atoms with Crippen molar-refractivity contribution in [1.29, 1.82) is 0 Å². The van der Waals surface area contributed by atoms with Gasteiger partial charge in [0.15, 0.2) is 0 Å². The number of benzene rings is 1. The molecule has 0 saturated carbocycles. The van der Waals surface area contributed by atoms with Crippen molar-refractivity contribution in [2.45, 2.75) is 13.5 Å². The predicted octanol–water partition coefficient (Wildman–Crippen LogP) is 2.80. The Labute approximate surface area is 106 Å². The van der Waals surface area contributed by atoms with Crippen LogP contribution in [-0.4, -0.2) is 16.7 Å². The molecule has 0 aliphatic heterocycles. The number of phenols is 1. The minimum atomic E-state index is 0.269. The van der Waals surface area contributed by atoms with Crippen LogP contribution in [0.15, 0.2) is 42.6 Å². The van der Waals surface area contributed by atoms with Crippen molar-refractivity contribution in [3.05, 3.63) is 48.2 Å². The maximum absolute atomic E-state index is 9.38. The minimum Gasteiger partial charge on any atom is -0.508 e. The van der Waals surface area contributed by atoms with E-state index in [0.29, 0.717) is 19.0 Å². The second-order valence-corrected chi connectivity index (χ2v) is 3.81. The van der Waals surface area contributed by atoms with Crippen LogP contribution in [0.2, 0.25) is 0 Å². The van der Waals surface area contributed by atoms with E-state index in [1.165, 1.54) is 0 Å². The van der Waals surface area contributed by atoms with E-state index < -0.39 is 0 Å². The number of nitrogens with one attached hydrogen (secondary N) is 1. The number of nitrogens with zero attached hydrogens (tertiary/aromatic N) is 1. The van der Waals surface area contributed by atoms with Crippen LogP contribution in [0.1, 0.15) is 12.5 Å². The van der Waals surface area contributed by atoms with Gasteiger partial charge in [-0.15, -0.1) is 0 Å². The fourth-order valence-electron chi connectivity index (χ4n) is 1.64. The van der Waals surface area contributed by atoms with Gasteiger partial charge in [-0.25, -0.2) is 4.98 Å². The van der Waals surface area contributed by atoms with Crippen molar-refractivity contribution >= 4 is 5.69 Å². The molecule has 0 radical (unpaired) electrons. The zero-order valence-corrected chi connectivity index (χ0v) is 10.3. The van der Waals surface area contributed by atoms with Crippen LogP contribution in [0.25, 0.3) is 0 Å². The van der Waals surface area contributed by atoms with Gasteiger partial charge in [-0.2, -0.15) is 0 Å². The third kappa shape index (κ3) is 3.13. The first kappa shape index (κ1) is 12.2. The Morgan fingerprint density at radius 1 is 1.28 bits per heavy atom. The molecule has 94 valence electrons. The second kappa shape index (κ2) is 5.91. The smallest absolute Gasteiger partial charge is 0.237 e. The first-order valence-electron chi connectivity index (χ1n) is 5.89. The van der Waals surface area contributed by atoms with E-state index in [0.717, 1.165) is 11.3 Å². The summed E-state index contributed by atoms with van der Waals surface area (Å²) in [6, 6.07) is 10.9. The zero-order chi connectivity index (χ0) is 12.8. The number of anilines is 1. The lowest BCUT2D eigenvalue weighted by atomic mass is 10.2. The first-order valence-corrected chi connectivity index (χ1v) is 5.89. The van der Waals surface area contributed by atoms with Gasteiger partial charge in [-0.05, 0) is 36.8 Å². The quantitative estimate of drug-likeness (QED) is 0.849. The Morgan fingerprint density at radius 2 is 2.17 bits per heavy atom. The summed E-state index contributed by atoms with van der Waals surface area (Å²) in [5, 5.41) is 12.6. The number of rotatable bonds is 5. The summed E-state index contributed by atoms with van der Waals surface area (Å²) in [4.78, 5) is 4.16. The monoisotopic (exact) mass is 244 g/mol. The topological polar surface area (TPSA) is 54.4 Å². The van der Waals surface area contributed by atoms with Gasteiger partial charge in [0, 0.05) is 12.7 Å². The molecule has 2 N–H and O–H groups in total. The average Bonchev–Trinajstić information content (AvgIpc) is 2.38. The Balaban J connectivity index is 2.06. The molecule has 2 aromatic rings. The van der Waals surface area contributed by atoms with E-state index in [2.05, 4.69) is 10.3 Å². The van der Waals surface area contributed by atoms with E-state index in [-0.39, 0.29) is 5.75 Å². The molecular formula is C14H16N2O2. The van der Waals surface area contributed by atoms with Crippen molar-refractivity contribution in [1.82, 2.24) is 4.98 Å². The van der Waals surface area contributed by atoms with E-state index >= 15 is 0 Å². The fourth-order valence-corrected chi connectivity index (χ4v) is 1.64. The molecule has 0 aliphatic carbocycles. The Hall–Kier alpha value is -2.23. The number of phenolic OH excluding ortho intramolecular Hbond substituents is 1. The van der Waals surface area contributed by atoms with Crippen LogP contribution < -0.4 is 10.1 Å². The van der Waals surface area contributed by atoms with Crippen LogP contribution in [0.4, 0.5) is 5.69 Å². The van der Waals surface area contributed by atoms with Gasteiger partial charge < -0.3 is 15.2 Å². The van der Waals surface area contributed by atoms with Gasteiger partial charge in [0.1, 0.15) is 5.75 Å². The van der Waals surface area contributed by atoms with E-state index in [4.69, 9.17) is 4.74 Å². The Morgan fingerprint density at radius 3 is 2.94 bits per heavy atom. The van der Waals surface area contributed by atoms with Crippen LogP contribution in [-0.2, 0) is 6.54 Å². The molecule has 1 aromatic carbocycles. The molecule has 0 spiro atoms. The van der Waals surface area contributed by atoms with Crippen LogP contribution in [0.5, 0.6) is 11.6 Å². The normalized spacial score (nSPS) is 10.1. The SMILES string of the molecule is CCOc1ncccc1NCc1cccc(O)c1. The standard InChI is InChI=1S/C14H16N2O2/c1-2-18-14-13(7-4-8-15-14)16-10-11-5-3-6-12(17)9-11/h3-9,16-17H,2,10H2,1H3. The summed E-state index contributed by atoms with van der Waals surface area (Å²) in [6.45, 7) is 3.12. The van der Waals surface area contributed by atoms with E-state index in [9.17, 15) is 5.11 Å². The third-order valence-corrected chi connectivity index (χ3v) is 2.45. The summed E-state index contributed by atoms with van der Waals surface area (Å²) < 4.78 is 5.43. The predicted molar refractivity (Wildman–Crippen MR) is 70.8 cm³/mol. The maximum Gasteiger partial charge on any atom is 0.237 e. The van der Waals surface area contributed by atoms with Gasteiger partial charge in [0.05, 0.1) is 12.3 Å². The average molecular weight is 244 g/mol. The van der Waals surface area contributed by atoms with Crippen LogP contribution in [0.3, 0.4) is 0 Å². The Kier molecular flexibility index (Phi) is 4.02. The second-order valence-electron chi connectivity index (χ2n) is 3.81. The molecule has 1 heterocycles. The minimum absolute atomic E-state index is 0.269. The van der Waals surface area contributed by atoms with E-state index in [1.54, 1.807) is 18.3 Å². The molecule has 4 heteroatoms. The lowest BCUT2D eigenvalue weighted by Gasteiger charge is -2.11. The molecule has 0 aliphatic rings. The van der Waals surface area contributed by atoms with Crippen molar-refractivity contribution < 1.29 is 9.84 Å². The molecule has 0 atom stereocenters. The van der Waals surface area contributed by atoms with Gasteiger partial charge >= 0.3 is 0 Å². The molecule has 0 saturated heterocycles. The molecular weight excluding hydrogens is 228 g/mol. The summed E-state index contributed by atoms with van der Waals surface area (Å²) >= 11 is 0. The zero-order valence-electron chi connectivity index (χ0n) is 10.3. The van der Waals surface area contributed by atoms with Gasteiger partial charge in [0.2, 0.25) is 5.88 Å². The van der Waals surface area contributed by atoms with Gasteiger partial charge in [-0.1, -0.05) is 12.1 Å². The van der Waals surface area contributed by atoms with Crippen LogP contribution >= 0.6 is 0 Å². The lowest BCUT2D eigenvalue weighted by Crippen LogP contribution is -2.03. The number of hydrogen-bond acceptors (Lipinski definition) is 4. The lowest BCUT2D eigenvalue weighted by molar-refractivity contribution is 0.328. The van der Waals surface area contributed by atoms with Crippen LogP contribution in [0, 0.1) is 0 Å². The molecule has 2 rings (SSSR count). The Bertz CT molecular complexity index is 515. The highest BCUT2D eigenvalue weighted by molar-refractivity contribution is 5.52. The van der Waals surface area contributed by atoms with Gasteiger partial charge in [-0.3, -0.25) is 0 Å². The molecule has 4 nitrogen and oxygen atoms in total. The highest BCUT2D eigenvalue weighted by Crippen LogP contribution is 2.21. The number of hydrogen-bond donors (Lipinski definition) is 2.